The molecule has 1 aliphatic heterocycles. The Hall–Kier alpha value is -1.73. The molecule has 3 aromatic heterocycles. The number of fused-ring (bicyclic) bond motifs is 1. The zero-order valence-electron chi connectivity index (χ0n) is 15.6. The van der Waals surface area contributed by atoms with E-state index < -0.39 is 0 Å². The molecule has 0 amide bonds. The summed E-state index contributed by atoms with van der Waals surface area (Å²) in [5, 5.41) is 6.74. The highest BCUT2D eigenvalue weighted by molar-refractivity contribution is 7.17. The lowest BCUT2D eigenvalue weighted by molar-refractivity contribution is 0.651. The highest BCUT2D eigenvalue weighted by atomic mass is 32.1. The van der Waals surface area contributed by atoms with Crippen molar-refractivity contribution in [2.75, 3.05) is 36.0 Å². The third-order valence-electron chi connectivity index (χ3n) is 4.72. The van der Waals surface area contributed by atoms with Gasteiger partial charge in [-0.25, -0.2) is 15.0 Å². The van der Waals surface area contributed by atoms with Gasteiger partial charge in [0.25, 0.3) is 0 Å². The van der Waals surface area contributed by atoms with E-state index in [1.807, 2.05) is 13.1 Å². The van der Waals surface area contributed by atoms with Gasteiger partial charge in [-0.1, -0.05) is 13.8 Å². The zero-order chi connectivity index (χ0) is 18.1. The lowest BCUT2D eigenvalue weighted by Gasteiger charge is -2.24. The molecular formula is C19H25N5S2. The molecule has 5 nitrogen and oxygen atoms in total. The monoisotopic (exact) mass is 387 g/mol. The van der Waals surface area contributed by atoms with Gasteiger partial charge in [0, 0.05) is 37.8 Å². The van der Waals surface area contributed by atoms with Gasteiger partial charge in [-0.2, -0.15) is 0 Å². The van der Waals surface area contributed by atoms with Gasteiger partial charge >= 0.3 is 0 Å². The summed E-state index contributed by atoms with van der Waals surface area (Å²) in [6.07, 6.45) is 4.09. The Morgan fingerprint density at radius 2 is 1.88 bits per heavy atom. The van der Waals surface area contributed by atoms with Crippen molar-refractivity contribution in [2.24, 2.45) is 5.92 Å². The van der Waals surface area contributed by atoms with Crippen LogP contribution in [-0.2, 0) is 6.42 Å². The average molecular weight is 388 g/mol. The van der Waals surface area contributed by atoms with Crippen molar-refractivity contribution in [3.63, 3.8) is 0 Å². The second kappa shape index (κ2) is 7.48. The average Bonchev–Trinajstić information content (AvgIpc) is 3.19. The fourth-order valence-corrected chi connectivity index (χ4v) is 5.29. The Morgan fingerprint density at radius 1 is 1.08 bits per heavy atom. The van der Waals surface area contributed by atoms with Crippen molar-refractivity contribution >= 4 is 43.8 Å². The zero-order valence-corrected chi connectivity index (χ0v) is 17.2. The van der Waals surface area contributed by atoms with Gasteiger partial charge in [-0.3, -0.25) is 0 Å². The Balaban J connectivity index is 1.66. The largest absolute Gasteiger partial charge is 0.354 e. The minimum atomic E-state index is 0.631. The number of thiazole rings is 1. The van der Waals surface area contributed by atoms with Crippen molar-refractivity contribution in [1.29, 1.82) is 0 Å². The topological polar surface area (TPSA) is 45.2 Å². The molecule has 1 saturated heterocycles. The van der Waals surface area contributed by atoms with Crippen LogP contribution in [0.15, 0.2) is 17.0 Å². The number of nitrogens with zero attached hydrogens (tertiary/aromatic N) is 5. The first kappa shape index (κ1) is 17.7. The quantitative estimate of drug-likeness (QED) is 0.665. The van der Waals surface area contributed by atoms with Crippen LogP contribution in [0.3, 0.4) is 0 Å². The van der Waals surface area contributed by atoms with Crippen molar-refractivity contribution in [1.82, 2.24) is 15.0 Å². The molecule has 7 heteroatoms. The van der Waals surface area contributed by atoms with Crippen molar-refractivity contribution in [2.45, 2.75) is 33.6 Å². The molecular weight excluding hydrogens is 362 g/mol. The van der Waals surface area contributed by atoms with Crippen LogP contribution in [0.25, 0.3) is 10.2 Å². The fourth-order valence-electron chi connectivity index (χ4n) is 3.60. The highest BCUT2D eigenvalue weighted by Gasteiger charge is 2.22. The summed E-state index contributed by atoms with van der Waals surface area (Å²) >= 11 is 3.48. The number of aryl methyl sites for hydroxylation is 1. The summed E-state index contributed by atoms with van der Waals surface area (Å²) in [7, 11) is 0. The number of aromatic nitrogens is 3. The molecule has 0 spiro atoms. The second-order valence-electron chi connectivity index (χ2n) is 7.28. The molecule has 0 N–H and O–H groups in total. The Bertz CT molecular complexity index is 872. The van der Waals surface area contributed by atoms with E-state index in [-0.39, 0.29) is 0 Å². The molecule has 3 aromatic rings. The molecule has 1 fully saturated rings. The van der Waals surface area contributed by atoms with E-state index in [4.69, 9.17) is 9.97 Å². The van der Waals surface area contributed by atoms with Crippen LogP contribution < -0.4 is 9.80 Å². The second-order valence-corrected chi connectivity index (χ2v) is 9.01. The summed E-state index contributed by atoms with van der Waals surface area (Å²) in [5.74, 6) is 2.63. The number of rotatable bonds is 4. The maximum atomic E-state index is 4.88. The highest BCUT2D eigenvalue weighted by Crippen LogP contribution is 2.34. The summed E-state index contributed by atoms with van der Waals surface area (Å²) in [6.45, 7) is 10.6. The third-order valence-corrected chi connectivity index (χ3v) is 6.47. The van der Waals surface area contributed by atoms with E-state index in [2.05, 4.69) is 39.4 Å². The van der Waals surface area contributed by atoms with Gasteiger partial charge in [-0.15, -0.1) is 22.7 Å². The maximum Gasteiger partial charge on any atom is 0.185 e. The molecule has 0 aromatic carbocycles. The molecule has 0 atom stereocenters. The SMILES string of the molecule is Cc1nc(N2CCCN(c3nccs3)CC2)c2c(CC(C)C)csc2n1. The van der Waals surface area contributed by atoms with E-state index in [0.717, 1.165) is 60.6 Å². The van der Waals surface area contributed by atoms with E-state index in [1.54, 1.807) is 22.7 Å². The smallest absolute Gasteiger partial charge is 0.185 e. The molecule has 0 aliphatic carbocycles. The van der Waals surface area contributed by atoms with Crippen molar-refractivity contribution in [3.8, 4) is 0 Å². The lowest BCUT2D eigenvalue weighted by Crippen LogP contribution is -2.31. The Morgan fingerprint density at radius 3 is 2.65 bits per heavy atom. The molecule has 4 heterocycles. The van der Waals surface area contributed by atoms with Gasteiger partial charge in [0.15, 0.2) is 5.13 Å². The van der Waals surface area contributed by atoms with Crippen molar-refractivity contribution in [3.05, 3.63) is 28.3 Å². The van der Waals surface area contributed by atoms with Crippen LogP contribution in [0.2, 0.25) is 0 Å². The van der Waals surface area contributed by atoms with Crippen LogP contribution in [0, 0.1) is 12.8 Å². The van der Waals surface area contributed by atoms with E-state index >= 15 is 0 Å². The maximum absolute atomic E-state index is 4.88. The first-order chi connectivity index (χ1) is 12.6. The minimum absolute atomic E-state index is 0.631. The number of hydrogen-bond donors (Lipinski definition) is 0. The van der Waals surface area contributed by atoms with Crippen LogP contribution >= 0.6 is 22.7 Å². The minimum Gasteiger partial charge on any atom is -0.354 e. The third kappa shape index (κ3) is 3.55. The number of thiophene rings is 1. The molecule has 0 saturated carbocycles. The van der Waals surface area contributed by atoms with E-state index in [9.17, 15) is 0 Å². The van der Waals surface area contributed by atoms with Crippen LogP contribution in [0.4, 0.5) is 10.9 Å². The van der Waals surface area contributed by atoms with Gasteiger partial charge in [0.05, 0.1) is 5.39 Å². The summed E-state index contributed by atoms with van der Waals surface area (Å²) < 4.78 is 0. The molecule has 138 valence electrons. The molecule has 26 heavy (non-hydrogen) atoms. The first-order valence-corrected chi connectivity index (χ1v) is 11.0. The number of hydrogen-bond acceptors (Lipinski definition) is 7. The van der Waals surface area contributed by atoms with E-state index in [1.165, 1.54) is 10.9 Å². The summed E-state index contributed by atoms with van der Waals surface area (Å²) in [5.41, 5.74) is 1.40. The van der Waals surface area contributed by atoms with Gasteiger partial charge < -0.3 is 9.80 Å². The Kier molecular flexibility index (Phi) is 5.09. The predicted octanol–water partition coefficient (Wildman–Crippen LogP) is 4.37. The normalized spacial score (nSPS) is 15.8. The molecule has 4 rings (SSSR count). The van der Waals surface area contributed by atoms with Gasteiger partial charge in [0.1, 0.15) is 16.5 Å². The summed E-state index contributed by atoms with van der Waals surface area (Å²) in [4.78, 5) is 20.1. The fraction of sp³-hybridized carbons (Fsp3) is 0.526. The first-order valence-electron chi connectivity index (χ1n) is 9.26. The van der Waals surface area contributed by atoms with Crippen LogP contribution in [0.1, 0.15) is 31.7 Å². The standard InChI is InChI=1S/C19H25N5S2/c1-13(2)11-15-12-26-18-16(15)17(21-14(3)22-18)23-6-4-7-24(9-8-23)19-20-5-10-25-19/h5,10,12-13H,4,6-9,11H2,1-3H3. The van der Waals surface area contributed by atoms with Crippen molar-refractivity contribution < 1.29 is 0 Å². The molecule has 0 unspecified atom stereocenters. The molecule has 0 bridgehead atoms. The number of anilines is 2. The Labute approximate surface area is 162 Å². The molecule has 1 aliphatic rings. The van der Waals surface area contributed by atoms with Crippen LogP contribution in [0.5, 0.6) is 0 Å². The van der Waals surface area contributed by atoms with Gasteiger partial charge in [-0.05, 0) is 36.6 Å². The van der Waals surface area contributed by atoms with Crippen LogP contribution in [-0.4, -0.2) is 41.1 Å². The predicted molar refractivity (Wildman–Crippen MR) is 112 cm³/mol. The molecule has 0 radical (unpaired) electrons. The lowest BCUT2D eigenvalue weighted by atomic mass is 10.0. The van der Waals surface area contributed by atoms with Gasteiger partial charge in [0.2, 0.25) is 0 Å². The van der Waals surface area contributed by atoms with E-state index in [0.29, 0.717) is 5.92 Å². The summed E-state index contributed by atoms with van der Waals surface area (Å²) in [6, 6.07) is 0.